The maximum absolute atomic E-state index is 13.2. The molecule has 5 rings (SSSR count). The summed E-state index contributed by atoms with van der Waals surface area (Å²) in [5.74, 6) is -1.38. The third-order valence-electron chi connectivity index (χ3n) is 5.97. The molecule has 2 aliphatic heterocycles. The summed E-state index contributed by atoms with van der Waals surface area (Å²) in [5, 5.41) is 5.15. The molecule has 2 aliphatic rings. The number of halogens is 3. The minimum Gasteiger partial charge on any atom is -0.468 e. The van der Waals surface area contributed by atoms with E-state index in [1.54, 1.807) is 25.3 Å². The predicted molar refractivity (Wildman–Crippen MR) is 128 cm³/mol. The van der Waals surface area contributed by atoms with Gasteiger partial charge in [-0.05, 0) is 48.9 Å². The van der Waals surface area contributed by atoms with Crippen molar-refractivity contribution in [3.05, 3.63) is 71.0 Å². The molecule has 0 saturated heterocycles. The average molecular weight is 530 g/mol. The van der Waals surface area contributed by atoms with Gasteiger partial charge in [-0.3, -0.25) is 14.5 Å². The number of methoxy groups -OCH3 is 1. The molecular formula is C24H18F3N5O4S. The Morgan fingerprint density at radius 1 is 1.11 bits per heavy atom. The zero-order valence-corrected chi connectivity index (χ0v) is 20.1. The molecule has 3 aromatic rings. The summed E-state index contributed by atoms with van der Waals surface area (Å²) in [6.07, 6.45) is -2.06. The SMILES string of the molecule is COC(=O)C1Sc2nccc3c2C1NC(=O)N3c1ccc(C(=O)Nc2cc(C(F)(F)F)ccn2)cc1C. The fraction of sp³-hybridized carbons (Fsp3) is 0.208. The number of benzene rings is 1. The van der Waals surface area contributed by atoms with E-state index in [2.05, 4.69) is 20.6 Å². The van der Waals surface area contributed by atoms with Crippen molar-refractivity contribution in [2.45, 2.75) is 29.4 Å². The standard InChI is InChI=1S/C24H18F3N5O4S/c1-11-9-12(20(33)30-16-10-13(5-7-28-16)24(25,26)27)3-4-14(11)32-15-6-8-29-21-17(15)18(31-23(32)35)19(37-21)22(34)36-2/h3-10,18-19H,1-2H3,(H,31,35)(H,28,30,33). The highest BCUT2D eigenvalue weighted by atomic mass is 32.2. The number of nitrogens with zero attached hydrogens (tertiary/aromatic N) is 3. The lowest BCUT2D eigenvalue weighted by Gasteiger charge is -2.34. The molecule has 37 heavy (non-hydrogen) atoms. The number of esters is 1. The first-order valence-corrected chi connectivity index (χ1v) is 11.8. The van der Waals surface area contributed by atoms with Crippen molar-refractivity contribution in [1.82, 2.24) is 15.3 Å². The summed E-state index contributed by atoms with van der Waals surface area (Å²) in [5.41, 5.74) is 1.50. The van der Waals surface area contributed by atoms with Gasteiger partial charge in [0.15, 0.2) is 0 Å². The number of thioether (sulfide) groups is 1. The summed E-state index contributed by atoms with van der Waals surface area (Å²) in [4.78, 5) is 47.7. The topological polar surface area (TPSA) is 114 Å². The zero-order chi connectivity index (χ0) is 26.5. The lowest BCUT2D eigenvalue weighted by atomic mass is 9.99. The van der Waals surface area contributed by atoms with Crippen molar-refractivity contribution in [1.29, 1.82) is 0 Å². The fourth-order valence-electron chi connectivity index (χ4n) is 4.27. The monoisotopic (exact) mass is 529 g/mol. The molecule has 0 bridgehead atoms. The van der Waals surface area contributed by atoms with Crippen LogP contribution in [0.15, 0.2) is 53.8 Å². The van der Waals surface area contributed by atoms with Crippen molar-refractivity contribution < 1.29 is 32.3 Å². The Labute approximate surface area is 212 Å². The van der Waals surface area contributed by atoms with Crippen LogP contribution in [0.25, 0.3) is 0 Å². The van der Waals surface area contributed by atoms with Crippen molar-refractivity contribution in [3.63, 3.8) is 0 Å². The van der Waals surface area contributed by atoms with Gasteiger partial charge in [-0.15, -0.1) is 0 Å². The van der Waals surface area contributed by atoms with E-state index >= 15 is 0 Å². The lowest BCUT2D eigenvalue weighted by Crippen LogP contribution is -2.47. The molecule has 9 nitrogen and oxygen atoms in total. The second kappa shape index (κ2) is 9.07. The van der Waals surface area contributed by atoms with Gasteiger partial charge in [-0.2, -0.15) is 13.2 Å². The van der Waals surface area contributed by atoms with Crippen LogP contribution in [0.3, 0.4) is 0 Å². The Morgan fingerprint density at radius 3 is 2.57 bits per heavy atom. The molecule has 13 heteroatoms. The van der Waals surface area contributed by atoms with Crippen LogP contribution in [0, 0.1) is 6.92 Å². The van der Waals surface area contributed by atoms with E-state index in [-0.39, 0.29) is 11.4 Å². The second-order valence-electron chi connectivity index (χ2n) is 8.26. The van der Waals surface area contributed by atoms with Gasteiger partial charge < -0.3 is 15.4 Å². The Bertz CT molecular complexity index is 1450. The Hall–Kier alpha value is -4.13. The van der Waals surface area contributed by atoms with Gasteiger partial charge in [0.2, 0.25) is 0 Å². The molecule has 0 aliphatic carbocycles. The van der Waals surface area contributed by atoms with Crippen molar-refractivity contribution in [2.24, 2.45) is 0 Å². The molecule has 0 saturated carbocycles. The van der Waals surface area contributed by atoms with Gasteiger partial charge in [0.25, 0.3) is 5.91 Å². The molecule has 0 fully saturated rings. The number of aromatic nitrogens is 2. The van der Waals surface area contributed by atoms with Crippen LogP contribution in [0.5, 0.6) is 0 Å². The third-order valence-corrected chi connectivity index (χ3v) is 7.24. The van der Waals surface area contributed by atoms with Crippen LogP contribution in [-0.4, -0.2) is 40.2 Å². The first kappa shape index (κ1) is 24.6. The molecule has 1 aromatic carbocycles. The Morgan fingerprint density at radius 2 is 1.86 bits per heavy atom. The van der Waals surface area contributed by atoms with Gasteiger partial charge in [-0.1, -0.05) is 11.8 Å². The third kappa shape index (κ3) is 4.35. The second-order valence-corrected chi connectivity index (χ2v) is 9.39. The summed E-state index contributed by atoms with van der Waals surface area (Å²) < 4.78 is 43.8. The number of carbonyl (C=O) groups excluding carboxylic acids is 3. The maximum Gasteiger partial charge on any atom is 0.416 e. The number of urea groups is 1. The highest BCUT2D eigenvalue weighted by Crippen LogP contribution is 2.51. The number of anilines is 3. The molecule has 2 atom stereocenters. The van der Waals surface area contributed by atoms with Crippen LogP contribution >= 0.6 is 11.8 Å². The lowest BCUT2D eigenvalue weighted by molar-refractivity contribution is -0.140. The minimum atomic E-state index is -4.57. The van der Waals surface area contributed by atoms with Crippen LogP contribution in [0.1, 0.15) is 33.1 Å². The van der Waals surface area contributed by atoms with E-state index in [0.29, 0.717) is 27.5 Å². The summed E-state index contributed by atoms with van der Waals surface area (Å²) in [6, 6.07) is 6.69. The summed E-state index contributed by atoms with van der Waals surface area (Å²) in [7, 11) is 1.28. The van der Waals surface area contributed by atoms with E-state index in [1.165, 1.54) is 35.9 Å². The number of pyridine rings is 2. The molecule has 2 aromatic heterocycles. The fourth-order valence-corrected chi connectivity index (χ4v) is 5.52. The number of hydrogen-bond donors (Lipinski definition) is 2. The van der Waals surface area contributed by atoms with Crippen LogP contribution in [0.2, 0.25) is 0 Å². The molecule has 190 valence electrons. The van der Waals surface area contributed by atoms with E-state index in [9.17, 15) is 27.6 Å². The van der Waals surface area contributed by atoms with E-state index in [4.69, 9.17) is 4.74 Å². The Kier molecular flexibility index (Phi) is 6.02. The first-order valence-electron chi connectivity index (χ1n) is 10.9. The number of rotatable bonds is 4. The number of ether oxygens (including phenoxy) is 1. The van der Waals surface area contributed by atoms with Crippen molar-refractivity contribution in [2.75, 3.05) is 17.3 Å². The predicted octanol–water partition coefficient (Wildman–Crippen LogP) is 4.61. The maximum atomic E-state index is 13.2. The summed E-state index contributed by atoms with van der Waals surface area (Å²) >= 11 is 1.21. The van der Waals surface area contributed by atoms with Gasteiger partial charge >= 0.3 is 18.2 Å². The first-order chi connectivity index (χ1) is 17.6. The number of carbonyl (C=O) groups is 3. The van der Waals surface area contributed by atoms with Crippen LogP contribution in [0.4, 0.5) is 35.2 Å². The van der Waals surface area contributed by atoms with Gasteiger partial charge in [0.05, 0.1) is 30.1 Å². The zero-order valence-electron chi connectivity index (χ0n) is 19.3. The normalized spacial score (nSPS) is 18.2. The van der Waals surface area contributed by atoms with Crippen LogP contribution < -0.4 is 15.5 Å². The largest absolute Gasteiger partial charge is 0.468 e. The van der Waals surface area contributed by atoms with Crippen molar-refractivity contribution in [3.8, 4) is 0 Å². The smallest absolute Gasteiger partial charge is 0.416 e. The van der Waals surface area contributed by atoms with Gasteiger partial charge in [-0.25, -0.2) is 14.8 Å². The number of aryl methyl sites for hydroxylation is 1. The molecule has 4 heterocycles. The molecular weight excluding hydrogens is 511 g/mol. The van der Waals surface area contributed by atoms with Crippen molar-refractivity contribution >= 4 is 46.9 Å². The van der Waals surface area contributed by atoms with E-state index in [1.807, 2.05) is 0 Å². The van der Waals surface area contributed by atoms with Gasteiger partial charge in [0, 0.05) is 23.5 Å². The molecule has 3 amide bonds. The minimum absolute atomic E-state index is 0.164. The molecule has 0 spiro atoms. The molecule has 2 N–H and O–H groups in total. The number of amides is 3. The van der Waals surface area contributed by atoms with Gasteiger partial charge in [0.1, 0.15) is 16.1 Å². The highest BCUT2D eigenvalue weighted by Gasteiger charge is 2.47. The Balaban J connectivity index is 1.43. The number of nitrogens with one attached hydrogen (secondary N) is 2. The highest BCUT2D eigenvalue weighted by molar-refractivity contribution is 8.01. The van der Waals surface area contributed by atoms with Crippen LogP contribution in [-0.2, 0) is 15.7 Å². The average Bonchev–Trinajstić information content (AvgIpc) is 3.23. The number of hydrogen-bond acceptors (Lipinski definition) is 7. The quantitative estimate of drug-likeness (QED) is 0.475. The number of alkyl halides is 3. The molecule has 2 unspecified atom stereocenters. The van der Waals surface area contributed by atoms with E-state index < -0.39 is 40.9 Å². The molecule has 0 radical (unpaired) electrons. The summed E-state index contributed by atoms with van der Waals surface area (Å²) in [6.45, 7) is 1.70. The van der Waals surface area contributed by atoms with E-state index in [0.717, 1.165) is 18.3 Å².